The first-order chi connectivity index (χ1) is 26.7. The monoisotopic (exact) mass is 785 g/mol. The van der Waals surface area contributed by atoms with Gasteiger partial charge in [-0.25, -0.2) is 18.2 Å². The molecule has 298 valence electrons. The van der Waals surface area contributed by atoms with Crippen molar-refractivity contribution in [1.29, 1.82) is 0 Å². The van der Waals surface area contributed by atoms with Crippen molar-refractivity contribution in [2.75, 3.05) is 6.54 Å². The Labute approximate surface area is 328 Å². The first-order valence-electron chi connectivity index (χ1n) is 19.6. The average Bonchev–Trinajstić information content (AvgIpc) is 4.04. The lowest BCUT2D eigenvalue weighted by Crippen LogP contribution is -2.59. The van der Waals surface area contributed by atoms with Crippen LogP contribution < -0.4 is 20.1 Å². The van der Waals surface area contributed by atoms with E-state index in [9.17, 15) is 27.6 Å². The van der Waals surface area contributed by atoms with Gasteiger partial charge < -0.3 is 25.0 Å². The molecule has 3 N–H and O–H groups in total. The number of fused-ring (bicyclic) bond motifs is 3. The number of amides is 4. The number of carbonyl (C=O) groups excluding carboxylic acids is 4. The molecule has 7 rings (SSSR count). The van der Waals surface area contributed by atoms with Gasteiger partial charge in [-0.3, -0.25) is 19.1 Å². The SMILES string of the molecule is CC(C)(C)OC(=O)NC1CCCCC/C=C/C2CC2(C(=O)NS(=O)(=O)C2(Cc3ccccc3)CC2)NC(=O)C2CC(Oc3nccc4ccccc34)CN2C1=O. The normalized spacial score (nSPS) is 27.0. The molecule has 2 saturated carbocycles. The molecule has 0 spiro atoms. The van der Waals surface area contributed by atoms with Gasteiger partial charge in [0.05, 0.1) is 11.3 Å². The molecule has 1 saturated heterocycles. The lowest BCUT2D eigenvalue weighted by atomic mass is 10.0. The Balaban J connectivity index is 1.17. The summed E-state index contributed by atoms with van der Waals surface area (Å²) in [4.78, 5) is 62.1. The predicted octanol–water partition coefficient (Wildman–Crippen LogP) is 5.09. The minimum atomic E-state index is -4.13. The number of hydrogen-bond donors (Lipinski definition) is 3. The number of aromatic nitrogens is 1. The molecule has 5 atom stereocenters. The summed E-state index contributed by atoms with van der Waals surface area (Å²) < 4.78 is 40.9. The second kappa shape index (κ2) is 15.5. The molecule has 14 heteroatoms. The van der Waals surface area contributed by atoms with E-state index in [0.717, 1.165) is 29.2 Å². The first-order valence-corrected chi connectivity index (χ1v) is 21.1. The number of sulfonamides is 1. The summed E-state index contributed by atoms with van der Waals surface area (Å²) in [5, 5.41) is 7.37. The Morgan fingerprint density at radius 3 is 2.50 bits per heavy atom. The van der Waals surface area contributed by atoms with Gasteiger partial charge >= 0.3 is 6.09 Å². The minimum Gasteiger partial charge on any atom is -0.472 e. The highest BCUT2D eigenvalue weighted by Crippen LogP contribution is 2.49. The zero-order chi connectivity index (χ0) is 39.7. The Kier molecular flexibility index (Phi) is 10.9. The third kappa shape index (κ3) is 8.54. The first kappa shape index (κ1) is 39.3. The fourth-order valence-corrected chi connectivity index (χ4v) is 9.57. The summed E-state index contributed by atoms with van der Waals surface area (Å²) >= 11 is 0. The summed E-state index contributed by atoms with van der Waals surface area (Å²) in [5.41, 5.74) is -1.48. The number of ether oxygens (including phenoxy) is 2. The number of alkyl carbamates (subject to hydrolysis) is 1. The van der Waals surface area contributed by atoms with Crippen LogP contribution in [0.2, 0.25) is 0 Å². The number of carbonyl (C=O) groups is 4. The summed E-state index contributed by atoms with van der Waals surface area (Å²) in [6.45, 7) is 5.21. The fraction of sp³-hybridized carbons (Fsp3) is 0.500. The lowest BCUT2D eigenvalue weighted by Gasteiger charge is -2.30. The van der Waals surface area contributed by atoms with Gasteiger partial charge in [0.1, 0.15) is 29.3 Å². The molecule has 0 radical (unpaired) electrons. The molecule has 2 aliphatic heterocycles. The van der Waals surface area contributed by atoms with Gasteiger partial charge in [-0.05, 0) is 88.8 Å². The van der Waals surface area contributed by atoms with E-state index >= 15 is 0 Å². The quantitative estimate of drug-likeness (QED) is 0.263. The maximum absolute atomic E-state index is 14.5. The van der Waals surface area contributed by atoms with Crippen LogP contribution in [0.25, 0.3) is 10.8 Å². The fourth-order valence-electron chi connectivity index (χ4n) is 7.93. The van der Waals surface area contributed by atoms with E-state index in [1.807, 2.05) is 72.8 Å². The number of pyridine rings is 1. The number of allylic oxidation sites excluding steroid dienone is 1. The predicted molar refractivity (Wildman–Crippen MR) is 210 cm³/mol. The molecule has 1 aromatic heterocycles. The molecule has 5 unspecified atom stereocenters. The maximum atomic E-state index is 14.5. The van der Waals surface area contributed by atoms with Crippen molar-refractivity contribution in [2.45, 2.75) is 119 Å². The van der Waals surface area contributed by atoms with Crippen molar-refractivity contribution in [3.05, 3.63) is 84.6 Å². The molecule has 2 aromatic carbocycles. The van der Waals surface area contributed by atoms with E-state index in [4.69, 9.17) is 9.47 Å². The zero-order valence-corrected chi connectivity index (χ0v) is 33.0. The van der Waals surface area contributed by atoms with Gasteiger partial charge in [0, 0.05) is 23.9 Å². The molecule has 2 aliphatic carbocycles. The highest BCUT2D eigenvalue weighted by atomic mass is 32.2. The van der Waals surface area contributed by atoms with Crippen molar-refractivity contribution in [3.8, 4) is 5.88 Å². The number of benzene rings is 2. The molecule has 56 heavy (non-hydrogen) atoms. The van der Waals surface area contributed by atoms with Crippen molar-refractivity contribution >= 4 is 44.6 Å². The molecule has 4 amide bonds. The third-order valence-electron chi connectivity index (χ3n) is 11.2. The molecule has 0 bridgehead atoms. The summed E-state index contributed by atoms with van der Waals surface area (Å²) in [6.07, 6.45) is 8.62. The molecule has 3 heterocycles. The second-order valence-corrected chi connectivity index (χ2v) is 18.7. The van der Waals surface area contributed by atoms with Crippen LogP contribution in [-0.2, 0) is 35.6 Å². The lowest BCUT2D eigenvalue weighted by molar-refractivity contribution is -0.141. The topological polar surface area (TPSA) is 173 Å². The van der Waals surface area contributed by atoms with Crippen molar-refractivity contribution in [1.82, 2.24) is 25.2 Å². The Hall–Kier alpha value is -4.98. The Morgan fingerprint density at radius 2 is 1.75 bits per heavy atom. The number of rotatable bonds is 8. The standard InChI is InChI=1S/C42H51N5O8S/c1-40(2,3)55-39(51)44-33-19-11-6-4-5-10-17-30-26-42(30,38(50)46-56(52,53)41(21-22-41)25-28-14-8-7-9-15-28)45-35(48)34-24-31(27-47(34)37(33)49)54-36-32-18-13-12-16-29(32)20-23-43-36/h7-10,12-18,20,23,30-31,33-34H,4-6,11,19,21-22,24-27H2,1-3H3,(H,44,51)(H,45,48)(H,46,50)/b17-10+. The number of hydrogen-bond acceptors (Lipinski definition) is 9. The van der Waals surface area contributed by atoms with Crippen LogP contribution in [0.15, 0.2) is 79.0 Å². The van der Waals surface area contributed by atoms with Gasteiger partial charge in [0.2, 0.25) is 27.7 Å². The summed E-state index contributed by atoms with van der Waals surface area (Å²) in [5.74, 6) is -1.99. The van der Waals surface area contributed by atoms with E-state index < -0.39 is 73.8 Å². The van der Waals surface area contributed by atoms with Crippen molar-refractivity contribution in [3.63, 3.8) is 0 Å². The Morgan fingerprint density at radius 1 is 1.00 bits per heavy atom. The van der Waals surface area contributed by atoms with Gasteiger partial charge in [-0.1, -0.05) is 73.5 Å². The molecular formula is C42H51N5O8S. The summed E-state index contributed by atoms with van der Waals surface area (Å²) in [7, 11) is -4.13. The molecule has 13 nitrogen and oxygen atoms in total. The molecule has 4 aliphatic rings. The van der Waals surface area contributed by atoms with Crippen LogP contribution in [0.3, 0.4) is 0 Å². The van der Waals surface area contributed by atoms with E-state index in [-0.39, 0.29) is 25.8 Å². The van der Waals surface area contributed by atoms with Crippen LogP contribution in [0, 0.1) is 5.92 Å². The van der Waals surface area contributed by atoms with Gasteiger partial charge in [0.25, 0.3) is 5.91 Å². The largest absolute Gasteiger partial charge is 0.472 e. The van der Waals surface area contributed by atoms with Crippen LogP contribution in [0.1, 0.15) is 84.1 Å². The minimum absolute atomic E-state index is 0.00718. The van der Waals surface area contributed by atoms with E-state index in [0.29, 0.717) is 38.0 Å². The van der Waals surface area contributed by atoms with E-state index in [1.165, 1.54) is 4.90 Å². The smallest absolute Gasteiger partial charge is 0.408 e. The van der Waals surface area contributed by atoms with E-state index in [2.05, 4.69) is 20.3 Å². The molecule has 3 fully saturated rings. The number of nitrogens with one attached hydrogen (secondary N) is 3. The van der Waals surface area contributed by atoms with Crippen LogP contribution in [-0.4, -0.2) is 82.7 Å². The van der Waals surface area contributed by atoms with Crippen LogP contribution in [0.4, 0.5) is 4.79 Å². The van der Waals surface area contributed by atoms with Gasteiger partial charge in [-0.2, -0.15) is 0 Å². The molecular weight excluding hydrogens is 735 g/mol. The van der Waals surface area contributed by atoms with Crippen LogP contribution in [0.5, 0.6) is 5.88 Å². The van der Waals surface area contributed by atoms with E-state index in [1.54, 1.807) is 27.0 Å². The van der Waals surface area contributed by atoms with Crippen molar-refractivity contribution in [2.24, 2.45) is 5.92 Å². The number of nitrogens with zero attached hydrogens (tertiary/aromatic N) is 2. The second-order valence-electron chi connectivity index (χ2n) is 16.6. The maximum Gasteiger partial charge on any atom is 0.408 e. The molecule has 3 aromatic rings. The van der Waals surface area contributed by atoms with Gasteiger partial charge in [-0.15, -0.1) is 0 Å². The summed E-state index contributed by atoms with van der Waals surface area (Å²) in [6, 6.07) is 16.7. The highest BCUT2D eigenvalue weighted by molar-refractivity contribution is 7.91. The highest BCUT2D eigenvalue weighted by Gasteiger charge is 2.64. The van der Waals surface area contributed by atoms with Gasteiger partial charge in [0.15, 0.2) is 0 Å². The third-order valence-corrected chi connectivity index (χ3v) is 13.4. The van der Waals surface area contributed by atoms with Crippen molar-refractivity contribution < 1.29 is 37.1 Å². The average molecular weight is 786 g/mol. The van der Waals surface area contributed by atoms with Crippen LogP contribution >= 0.6 is 0 Å². The Bertz CT molecular complexity index is 2110. The zero-order valence-electron chi connectivity index (χ0n) is 32.2.